The molecule has 1 aromatic carbocycles. The standard InChI is InChI=1S/C12H16NO3PS.3C2H6/c1-12(17-2)8-9-13(11(12)14)18(15,16)10-6-4-3-5-7-10;3*1-2/h3-7,17H,8-9H2,1-2H3;3*1-2H3. The first-order chi connectivity index (χ1) is 11.4. The summed E-state index contributed by atoms with van der Waals surface area (Å²) in [5, 5.41) is -0.512. The van der Waals surface area contributed by atoms with E-state index in [2.05, 4.69) is 0 Å². The topological polar surface area (TPSA) is 54.5 Å². The number of rotatable bonds is 3. The Hall–Kier alpha value is -0.930. The van der Waals surface area contributed by atoms with E-state index in [0.29, 0.717) is 15.0 Å². The molecule has 1 aliphatic heterocycles. The Balaban J connectivity index is 0. The van der Waals surface area contributed by atoms with Gasteiger partial charge < -0.3 is 0 Å². The van der Waals surface area contributed by atoms with Gasteiger partial charge in [-0.1, -0.05) is 59.7 Å². The average Bonchev–Trinajstić information content (AvgIpc) is 2.97. The molecule has 6 heteroatoms. The second kappa shape index (κ2) is 12.4. The van der Waals surface area contributed by atoms with Crippen molar-refractivity contribution in [3.05, 3.63) is 30.3 Å². The minimum atomic E-state index is -3.68. The number of hydrogen-bond donors (Lipinski definition) is 0. The molecule has 0 saturated carbocycles. The van der Waals surface area contributed by atoms with Crippen molar-refractivity contribution in [1.82, 2.24) is 4.31 Å². The van der Waals surface area contributed by atoms with Gasteiger partial charge >= 0.3 is 0 Å². The van der Waals surface area contributed by atoms with Gasteiger partial charge in [-0.2, -0.15) is 0 Å². The summed E-state index contributed by atoms with van der Waals surface area (Å²) in [6.45, 7) is 16.1. The Bertz CT molecular complexity index is 561. The highest BCUT2D eigenvalue weighted by atomic mass is 32.2. The van der Waals surface area contributed by atoms with Gasteiger partial charge in [-0.15, -0.1) is 8.58 Å². The average molecular weight is 376 g/mol. The van der Waals surface area contributed by atoms with Crippen LogP contribution in [0.15, 0.2) is 35.2 Å². The van der Waals surface area contributed by atoms with Crippen molar-refractivity contribution in [3.63, 3.8) is 0 Å². The van der Waals surface area contributed by atoms with Crippen LogP contribution in [0.1, 0.15) is 54.9 Å². The number of hydrogen-bond acceptors (Lipinski definition) is 3. The van der Waals surface area contributed by atoms with E-state index >= 15 is 0 Å². The van der Waals surface area contributed by atoms with E-state index in [1.165, 1.54) is 12.1 Å². The Kier molecular flexibility index (Phi) is 13.1. The van der Waals surface area contributed by atoms with Crippen LogP contribution in [0.5, 0.6) is 0 Å². The summed E-state index contributed by atoms with van der Waals surface area (Å²) in [6, 6.07) is 8.11. The van der Waals surface area contributed by atoms with E-state index in [4.69, 9.17) is 0 Å². The Morgan fingerprint density at radius 1 is 1.00 bits per heavy atom. The maximum Gasteiger partial charge on any atom is 0.266 e. The van der Waals surface area contributed by atoms with E-state index in [1.54, 1.807) is 18.2 Å². The molecule has 1 heterocycles. The van der Waals surface area contributed by atoms with Gasteiger partial charge in [-0.3, -0.25) is 4.79 Å². The van der Waals surface area contributed by atoms with Crippen LogP contribution >= 0.6 is 8.58 Å². The maximum atomic E-state index is 12.4. The summed E-state index contributed by atoms with van der Waals surface area (Å²) in [7, 11) is -3.27. The number of nitrogens with zero attached hydrogens (tertiary/aromatic N) is 1. The van der Waals surface area contributed by atoms with Crippen molar-refractivity contribution in [3.8, 4) is 0 Å². The lowest BCUT2D eigenvalue weighted by Crippen LogP contribution is -2.38. The van der Waals surface area contributed by atoms with Gasteiger partial charge in [0.25, 0.3) is 10.0 Å². The van der Waals surface area contributed by atoms with Crippen molar-refractivity contribution >= 4 is 24.5 Å². The fourth-order valence-electron chi connectivity index (χ4n) is 1.99. The van der Waals surface area contributed by atoms with Crippen molar-refractivity contribution in [2.45, 2.75) is 64.9 Å². The van der Waals surface area contributed by atoms with Crippen LogP contribution in [-0.2, 0) is 14.8 Å². The summed E-state index contributed by atoms with van der Waals surface area (Å²) >= 11 is 0. The number of amides is 1. The van der Waals surface area contributed by atoms with Crippen LogP contribution in [0.3, 0.4) is 0 Å². The molecule has 140 valence electrons. The summed E-state index contributed by atoms with van der Waals surface area (Å²) in [4.78, 5) is 12.4. The van der Waals surface area contributed by atoms with Gasteiger partial charge in [-0.25, -0.2) is 12.7 Å². The molecule has 0 aliphatic carbocycles. The van der Waals surface area contributed by atoms with Crippen LogP contribution in [0, 0.1) is 0 Å². The zero-order valence-corrected chi connectivity index (χ0v) is 18.2. The first kappa shape index (κ1) is 25.3. The number of benzene rings is 1. The predicted octanol–water partition coefficient (Wildman–Crippen LogP) is 4.75. The molecule has 24 heavy (non-hydrogen) atoms. The van der Waals surface area contributed by atoms with E-state index in [1.807, 2.05) is 55.1 Å². The molecule has 0 spiro atoms. The van der Waals surface area contributed by atoms with Crippen LogP contribution in [-0.4, -0.2) is 37.0 Å². The second-order valence-corrected chi connectivity index (χ2v) is 7.99. The summed E-state index contributed by atoms with van der Waals surface area (Å²) in [5.41, 5.74) is 0. The highest BCUT2D eigenvalue weighted by molar-refractivity contribution is 7.89. The number of carbonyl (C=O) groups excluding carboxylic acids is 1. The molecule has 4 nitrogen and oxygen atoms in total. The normalized spacial score (nSPS) is 19.7. The second-order valence-electron chi connectivity index (χ2n) is 4.53. The highest BCUT2D eigenvalue weighted by Crippen LogP contribution is 2.40. The lowest BCUT2D eigenvalue weighted by atomic mass is 10.1. The molecule has 2 unspecified atom stereocenters. The fourth-order valence-corrected chi connectivity index (χ4v) is 4.29. The van der Waals surface area contributed by atoms with Crippen molar-refractivity contribution in [2.75, 3.05) is 13.2 Å². The third kappa shape index (κ3) is 5.86. The quantitative estimate of drug-likeness (QED) is 0.716. The van der Waals surface area contributed by atoms with Crippen molar-refractivity contribution in [2.24, 2.45) is 0 Å². The maximum absolute atomic E-state index is 12.4. The molecule has 0 bridgehead atoms. The van der Waals surface area contributed by atoms with E-state index in [0.717, 1.165) is 4.31 Å². The smallest absolute Gasteiger partial charge is 0.266 e. The third-order valence-electron chi connectivity index (χ3n) is 3.40. The largest absolute Gasteiger partial charge is 0.273 e. The van der Waals surface area contributed by atoms with E-state index < -0.39 is 15.2 Å². The molecule has 2 rings (SSSR count). The number of carbonyl (C=O) groups is 1. The van der Waals surface area contributed by atoms with Gasteiger partial charge in [-0.05, 0) is 32.1 Å². The number of sulfonamides is 1. The minimum Gasteiger partial charge on any atom is -0.273 e. The molecule has 1 aromatic rings. The molecular weight excluding hydrogens is 341 g/mol. The molecule has 0 aromatic heterocycles. The van der Waals surface area contributed by atoms with Crippen LogP contribution in [0.4, 0.5) is 0 Å². The first-order valence-corrected chi connectivity index (χ1v) is 11.7. The van der Waals surface area contributed by atoms with Crippen LogP contribution < -0.4 is 0 Å². The minimum absolute atomic E-state index is 0.182. The van der Waals surface area contributed by atoms with Gasteiger partial charge in [0.05, 0.1) is 10.1 Å². The molecule has 1 aliphatic rings. The summed E-state index contributed by atoms with van der Waals surface area (Å²) < 4.78 is 25.7. The zero-order chi connectivity index (χ0) is 19.4. The van der Waals surface area contributed by atoms with E-state index in [-0.39, 0.29) is 17.3 Å². The lowest BCUT2D eigenvalue weighted by Gasteiger charge is -2.21. The van der Waals surface area contributed by atoms with Gasteiger partial charge in [0.1, 0.15) is 0 Å². The zero-order valence-electron chi connectivity index (χ0n) is 16.4. The Labute approximate surface area is 150 Å². The van der Waals surface area contributed by atoms with Crippen LogP contribution in [0.25, 0.3) is 0 Å². The molecule has 1 amide bonds. The van der Waals surface area contributed by atoms with E-state index in [9.17, 15) is 13.2 Å². The summed E-state index contributed by atoms with van der Waals surface area (Å²) in [6.07, 6.45) is 0.604. The third-order valence-corrected chi connectivity index (χ3v) is 6.76. The molecule has 0 radical (unpaired) electrons. The molecule has 0 N–H and O–H groups in total. The van der Waals surface area contributed by atoms with Crippen molar-refractivity contribution in [1.29, 1.82) is 0 Å². The van der Waals surface area contributed by atoms with Gasteiger partial charge in [0, 0.05) is 6.54 Å². The summed E-state index contributed by atoms with van der Waals surface area (Å²) in [5.74, 6) is -0.271. The fraction of sp³-hybridized carbons (Fsp3) is 0.611. The van der Waals surface area contributed by atoms with Gasteiger partial charge in [0.15, 0.2) is 0 Å². The molecule has 1 fully saturated rings. The van der Waals surface area contributed by atoms with Crippen LogP contribution in [0.2, 0.25) is 0 Å². The molecular formula is C18H34NO3PS. The first-order valence-electron chi connectivity index (χ1n) is 8.73. The highest BCUT2D eigenvalue weighted by Gasteiger charge is 2.46. The molecule has 1 saturated heterocycles. The SMILES string of the molecule is CC.CC.CC.CPC1(C)CCN(S(=O)(=O)c2ccccc2)C1=O. The lowest BCUT2D eigenvalue weighted by molar-refractivity contribution is -0.125. The Morgan fingerprint density at radius 3 is 1.83 bits per heavy atom. The van der Waals surface area contributed by atoms with Crippen molar-refractivity contribution < 1.29 is 13.2 Å². The molecule has 2 atom stereocenters. The van der Waals surface area contributed by atoms with Gasteiger partial charge in [0.2, 0.25) is 5.91 Å². The monoisotopic (exact) mass is 375 g/mol. The predicted molar refractivity (Wildman–Crippen MR) is 107 cm³/mol. The Morgan fingerprint density at radius 2 is 1.46 bits per heavy atom.